The highest BCUT2D eigenvalue weighted by molar-refractivity contribution is 5.66. The van der Waals surface area contributed by atoms with Crippen molar-refractivity contribution in [2.45, 2.75) is 19.3 Å². The molecule has 0 saturated carbocycles. The molecule has 0 amide bonds. The van der Waals surface area contributed by atoms with Gasteiger partial charge in [0.05, 0.1) is 0 Å². The Morgan fingerprint density at radius 3 is 2.64 bits per heavy atom. The number of hydrogen-bond acceptors (Lipinski definition) is 1. The Hall–Kier alpha value is -1.45. The normalized spacial score (nSPS) is 10.1. The first-order valence-corrected chi connectivity index (χ1v) is 4.25. The van der Waals surface area contributed by atoms with Gasteiger partial charge in [-0.25, -0.2) is 8.78 Å². The summed E-state index contributed by atoms with van der Waals surface area (Å²) in [6.07, 6.45) is 0.674. The molecular weight excluding hydrogens is 190 g/mol. The molecule has 14 heavy (non-hydrogen) atoms. The van der Waals surface area contributed by atoms with Gasteiger partial charge in [0.15, 0.2) is 0 Å². The topological polar surface area (TPSA) is 37.3 Å². The third-order valence-corrected chi connectivity index (χ3v) is 1.85. The fourth-order valence-corrected chi connectivity index (χ4v) is 1.15. The van der Waals surface area contributed by atoms with E-state index in [0.717, 1.165) is 6.07 Å². The van der Waals surface area contributed by atoms with Crippen molar-refractivity contribution in [2.75, 3.05) is 0 Å². The molecule has 0 aromatic heterocycles. The van der Waals surface area contributed by atoms with Gasteiger partial charge in [-0.05, 0) is 24.5 Å². The smallest absolute Gasteiger partial charge is 0.303 e. The van der Waals surface area contributed by atoms with Crippen molar-refractivity contribution < 1.29 is 18.7 Å². The molecule has 0 radical (unpaired) electrons. The first-order valence-electron chi connectivity index (χ1n) is 4.25. The fraction of sp³-hybridized carbons (Fsp3) is 0.300. The number of carboxylic acid groups (broad SMARTS) is 1. The largest absolute Gasteiger partial charge is 0.481 e. The molecule has 0 unspecified atom stereocenters. The zero-order valence-corrected chi connectivity index (χ0v) is 7.46. The summed E-state index contributed by atoms with van der Waals surface area (Å²) >= 11 is 0. The van der Waals surface area contributed by atoms with Gasteiger partial charge >= 0.3 is 5.97 Å². The minimum atomic E-state index is -0.910. The Bertz CT molecular complexity index is 337. The van der Waals surface area contributed by atoms with Gasteiger partial charge in [0.25, 0.3) is 0 Å². The maximum Gasteiger partial charge on any atom is 0.303 e. The van der Waals surface area contributed by atoms with Gasteiger partial charge in [-0.3, -0.25) is 4.79 Å². The minimum Gasteiger partial charge on any atom is -0.481 e. The van der Waals surface area contributed by atoms with Gasteiger partial charge in [0, 0.05) is 12.5 Å². The van der Waals surface area contributed by atoms with Crippen LogP contribution in [0.25, 0.3) is 0 Å². The minimum absolute atomic E-state index is 0.00316. The van der Waals surface area contributed by atoms with E-state index in [1.165, 1.54) is 12.1 Å². The highest BCUT2D eigenvalue weighted by Crippen LogP contribution is 2.12. The van der Waals surface area contributed by atoms with Crippen molar-refractivity contribution in [3.63, 3.8) is 0 Å². The molecule has 1 aromatic rings. The monoisotopic (exact) mass is 200 g/mol. The molecule has 2 nitrogen and oxygen atoms in total. The molecule has 0 aliphatic rings. The second-order valence-corrected chi connectivity index (χ2v) is 2.98. The highest BCUT2D eigenvalue weighted by atomic mass is 19.1. The highest BCUT2D eigenvalue weighted by Gasteiger charge is 2.04. The Morgan fingerprint density at radius 2 is 2.07 bits per heavy atom. The number of aliphatic carboxylic acids is 1. The van der Waals surface area contributed by atoms with Gasteiger partial charge in [-0.2, -0.15) is 0 Å². The van der Waals surface area contributed by atoms with E-state index in [1.807, 2.05) is 0 Å². The van der Waals surface area contributed by atoms with Crippen LogP contribution < -0.4 is 0 Å². The molecular formula is C10H10F2O2. The molecule has 0 atom stereocenters. The first kappa shape index (κ1) is 10.6. The number of carboxylic acids is 1. The number of rotatable bonds is 4. The van der Waals surface area contributed by atoms with E-state index in [-0.39, 0.29) is 6.42 Å². The van der Waals surface area contributed by atoms with Gasteiger partial charge < -0.3 is 5.11 Å². The van der Waals surface area contributed by atoms with Crippen LogP contribution in [0.3, 0.4) is 0 Å². The molecule has 0 aliphatic heterocycles. The zero-order valence-electron chi connectivity index (χ0n) is 7.46. The van der Waals surface area contributed by atoms with Crippen molar-refractivity contribution in [3.8, 4) is 0 Å². The molecule has 0 bridgehead atoms. The van der Waals surface area contributed by atoms with Crippen LogP contribution in [0.1, 0.15) is 18.4 Å². The molecule has 0 saturated heterocycles. The van der Waals surface area contributed by atoms with Crippen LogP contribution in [-0.4, -0.2) is 11.1 Å². The van der Waals surface area contributed by atoms with Crippen LogP contribution in [0, 0.1) is 11.6 Å². The van der Waals surface area contributed by atoms with Gasteiger partial charge in [0.1, 0.15) is 11.6 Å². The van der Waals surface area contributed by atoms with E-state index in [4.69, 9.17) is 5.11 Å². The molecule has 1 aromatic carbocycles. The quantitative estimate of drug-likeness (QED) is 0.810. The van der Waals surface area contributed by atoms with E-state index in [1.54, 1.807) is 0 Å². The molecule has 0 spiro atoms. The molecule has 76 valence electrons. The van der Waals surface area contributed by atoms with Crippen molar-refractivity contribution in [1.82, 2.24) is 0 Å². The van der Waals surface area contributed by atoms with E-state index in [2.05, 4.69) is 0 Å². The predicted octanol–water partition coefficient (Wildman–Crippen LogP) is 2.37. The third-order valence-electron chi connectivity index (χ3n) is 1.85. The molecule has 1 N–H and O–H groups in total. The zero-order chi connectivity index (χ0) is 10.6. The van der Waals surface area contributed by atoms with Crippen molar-refractivity contribution in [3.05, 3.63) is 35.4 Å². The standard InChI is InChI=1S/C10H10F2O2/c11-8-5-4-7(9(12)6-8)2-1-3-10(13)14/h4-6H,1-3H2,(H,13,14). The maximum atomic E-state index is 13.0. The van der Waals surface area contributed by atoms with E-state index in [9.17, 15) is 13.6 Å². The number of benzene rings is 1. The van der Waals surface area contributed by atoms with Gasteiger partial charge in [0.2, 0.25) is 0 Å². The summed E-state index contributed by atoms with van der Waals surface area (Å²) in [6, 6.07) is 3.31. The summed E-state index contributed by atoms with van der Waals surface area (Å²) in [4.78, 5) is 10.2. The Kier molecular flexibility index (Phi) is 3.56. The van der Waals surface area contributed by atoms with E-state index in [0.29, 0.717) is 18.4 Å². The maximum absolute atomic E-state index is 13.0. The third kappa shape index (κ3) is 3.12. The molecule has 4 heteroatoms. The summed E-state index contributed by atoms with van der Waals surface area (Å²) < 4.78 is 25.5. The second-order valence-electron chi connectivity index (χ2n) is 2.98. The summed E-state index contributed by atoms with van der Waals surface area (Å²) in [5, 5.41) is 8.35. The van der Waals surface area contributed by atoms with Crippen LogP contribution in [0.5, 0.6) is 0 Å². The van der Waals surface area contributed by atoms with Crippen LogP contribution in [0.4, 0.5) is 8.78 Å². The van der Waals surface area contributed by atoms with Crippen molar-refractivity contribution in [2.24, 2.45) is 0 Å². The second kappa shape index (κ2) is 4.69. The van der Waals surface area contributed by atoms with Crippen molar-refractivity contribution >= 4 is 5.97 Å². The fourth-order valence-electron chi connectivity index (χ4n) is 1.15. The average molecular weight is 200 g/mol. The Morgan fingerprint density at radius 1 is 1.36 bits per heavy atom. The summed E-state index contributed by atoms with van der Waals surface area (Å²) in [7, 11) is 0. The predicted molar refractivity (Wildman–Crippen MR) is 46.9 cm³/mol. The van der Waals surface area contributed by atoms with Crippen LogP contribution >= 0.6 is 0 Å². The molecule has 1 rings (SSSR count). The SMILES string of the molecule is O=C(O)CCCc1ccc(F)cc1F. The lowest BCUT2D eigenvalue weighted by Crippen LogP contribution is -1.97. The lowest BCUT2D eigenvalue weighted by Gasteiger charge is -2.01. The summed E-state index contributed by atoms with van der Waals surface area (Å²) in [5.74, 6) is -2.15. The van der Waals surface area contributed by atoms with Gasteiger partial charge in [-0.1, -0.05) is 6.07 Å². The number of aryl methyl sites for hydroxylation is 1. The first-order chi connectivity index (χ1) is 6.59. The molecule has 0 heterocycles. The summed E-state index contributed by atoms with van der Waals surface area (Å²) in [6.45, 7) is 0. The van der Waals surface area contributed by atoms with Gasteiger partial charge in [-0.15, -0.1) is 0 Å². The average Bonchev–Trinajstić information content (AvgIpc) is 2.08. The molecule has 0 fully saturated rings. The molecule has 0 aliphatic carbocycles. The number of halogens is 2. The van der Waals surface area contributed by atoms with E-state index < -0.39 is 17.6 Å². The Balaban J connectivity index is 2.55. The Labute approximate surface area is 80.2 Å². The van der Waals surface area contributed by atoms with Crippen LogP contribution in [-0.2, 0) is 11.2 Å². The van der Waals surface area contributed by atoms with Crippen molar-refractivity contribution in [1.29, 1.82) is 0 Å². The number of hydrogen-bond donors (Lipinski definition) is 1. The summed E-state index contributed by atoms with van der Waals surface area (Å²) in [5.41, 5.74) is 0.354. The lowest BCUT2D eigenvalue weighted by molar-refractivity contribution is -0.137. The van der Waals surface area contributed by atoms with Crippen LogP contribution in [0.15, 0.2) is 18.2 Å². The van der Waals surface area contributed by atoms with Crippen LogP contribution in [0.2, 0.25) is 0 Å². The number of carbonyl (C=O) groups is 1. The van der Waals surface area contributed by atoms with E-state index >= 15 is 0 Å². The lowest BCUT2D eigenvalue weighted by atomic mass is 10.1.